The van der Waals surface area contributed by atoms with Gasteiger partial charge in [0.25, 0.3) is 0 Å². The van der Waals surface area contributed by atoms with E-state index in [1.807, 2.05) is 0 Å². The molecule has 246 valence electrons. The average molecular weight is 624 g/mol. The van der Waals surface area contributed by atoms with Crippen molar-refractivity contribution in [2.24, 2.45) is 5.73 Å². The Morgan fingerprint density at radius 3 is 1.70 bits per heavy atom. The third kappa shape index (κ3) is 7.61. The van der Waals surface area contributed by atoms with E-state index in [9.17, 15) is 51.1 Å². The highest BCUT2D eigenvalue weighted by Crippen LogP contribution is 2.31. The van der Waals surface area contributed by atoms with Gasteiger partial charge >= 0.3 is 0 Å². The molecule has 3 saturated heterocycles. The second-order valence-corrected chi connectivity index (χ2v) is 10.7. The predicted molar refractivity (Wildman–Crippen MR) is 139 cm³/mol. The lowest BCUT2D eigenvalue weighted by Gasteiger charge is -2.46. The highest BCUT2D eigenvalue weighted by Gasteiger charge is 2.52. The Bertz CT molecular complexity index is 986. The van der Waals surface area contributed by atoms with Crippen molar-refractivity contribution in [2.45, 2.75) is 98.5 Å². The van der Waals surface area contributed by atoms with Crippen LogP contribution in [0.3, 0.4) is 0 Å². The van der Waals surface area contributed by atoms with E-state index >= 15 is 0 Å². The standard InChI is InChI=1S/C26H41NO16/c27-6-5-10-1-3-11(4-2-10)39-26-22(37)23(43-25-21(36)19(34)16(31)13(8-29)41-25)17(32)14(42-26)9-38-24-20(35)18(33)15(30)12(7-28)40-24/h1-4,12-26,28-37H,5-9,27H2/t12?,13?,14?,15-,16+,17-,18+,19-,20?,21?,22?,23+,24+,25+,26+/m1/s1. The first kappa shape index (κ1) is 34.3. The van der Waals surface area contributed by atoms with Crippen LogP contribution in [0.2, 0.25) is 0 Å². The first-order valence-electron chi connectivity index (χ1n) is 13.9. The Morgan fingerprint density at radius 1 is 0.605 bits per heavy atom. The van der Waals surface area contributed by atoms with E-state index in [0.29, 0.717) is 13.0 Å². The van der Waals surface area contributed by atoms with Gasteiger partial charge in [-0.3, -0.25) is 0 Å². The second-order valence-electron chi connectivity index (χ2n) is 10.7. The average Bonchev–Trinajstić information content (AvgIpc) is 3.00. The molecule has 3 heterocycles. The molecule has 0 spiro atoms. The normalized spacial score (nSPS) is 43.8. The summed E-state index contributed by atoms with van der Waals surface area (Å²) in [5, 5.41) is 102. The fourth-order valence-electron chi connectivity index (χ4n) is 5.06. The van der Waals surface area contributed by atoms with Gasteiger partial charge in [0.2, 0.25) is 6.29 Å². The van der Waals surface area contributed by atoms with Crippen molar-refractivity contribution in [3.05, 3.63) is 29.8 Å². The van der Waals surface area contributed by atoms with Crippen molar-refractivity contribution in [1.29, 1.82) is 0 Å². The molecule has 15 atom stereocenters. The molecule has 1 aromatic rings. The molecule has 0 saturated carbocycles. The van der Waals surface area contributed by atoms with Crippen molar-refractivity contribution < 1.29 is 79.5 Å². The highest BCUT2D eigenvalue weighted by molar-refractivity contribution is 5.27. The zero-order chi connectivity index (χ0) is 31.4. The number of hydrogen-bond acceptors (Lipinski definition) is 17. The molecule has 4 rings (SSSR count). The molecule has 17 nitrogen and oxygen atoms in total. The Labute approximate surface area is 246 Å². The molecule has 0 aliphatic carbocycles. The van der Waals surface area contributed by atoms with Crippen LogP contribution < -0.4 is 10.5 Å². The van der Waals surface area contributed by atoms with Crippen LogP contribution in [0.15, 0.2) is 24.3 Å². The van der Waals surface area contributed by atoms with Gasteiger partial charge in [0, 0.05) is 0 Å². The minimum absolute atomic E-state index is 0.251. The molecule has 0 radical (unpaired) electrons. The van der Waals surface area contributed by atoms with Crippen molar-refractivity contribution in [2.75, 3.05) is 26.4 Å². The maximum Gasteiger partial charge on any atom is 0.229 e. The van der Waals surface area contributed by atoms with Gasteiger partial charge in [-0.25, -0.2) is 0 Å². The zero-order valence-corrected chi connectivity index (χ0v) is 23.0. The van der Waals surface area contributed by atoms with E-state index in [-0.39, 0.29) is 5.75 Å². The van der Waals surface area contributed by atoms with Crippen LogP contribution in [0, 0.1) is 0 Å². The van der Waals surface area contributed by atoms with Gasteiger partial charge in [-0.1, -0.05) is 12.1 Å². The first-order valence-corrected chi connectivity index (χ1v) is 13.9. The lowest BCUT2D eigenvalue weighted by molar-refractivity contribution is -0.358. The first-order chi connectivity index (χ1) is 20.5. The van der Waals surface area contributed by atoms with Crippen molar-refractivity contribution >= 4 is 0 Å². The van der Waals surface area contributed by atoms with E-state index in [0.717, 1.165) is 5.56 Å². The summed E-state index contributed by atoms with van der Waals surface area (Å²) in [7, 11) is 0. The van der Waals surface area contributed by atoms with Crippen LogP contribution in [0.1, 0.15) is 5.56 Å². The van der Waals surface area contributed by atoms with E-state index < -0.39 is 112 Å². The van der Waals surface area contributed by atoms with Gasteiger partial charge in [0.05, 0.1) is 19.8 Å². The van der Waals surface area contributed by atoms with E-state index in [2.05, 4.69) is 0 Å². The summed E-state index contributed by atoms with van der Waals surface area (Å²) < 4.78 is 33.5. The molecule has 3 fully saturated rings. The summed E-state index contributed by atoms with van der Waals surface area (Å²) in [5.41, 5.74) is 6.50. The molecule has 0 amide bonds. The van der Waals surface area contributed by atoms with Gasteiger partial charge < -0.3 is 85.2 Å². The summed E-state index contributed by atoms with van der Waals surface area (Å²) in [6.45, 7) is -1.59. The number of hydrogen-bond donors (Lipinski definition) is 11. The molecule has 43 heavy (non-hydrogen) atoms. The number of aliphatic hydroxyl groups excluding tert-OH is 10. The number of aliphatic hydroxyl groups is 10. The summed E-state index contributed by atoms with van der Waals surface area (Å²) in [5.74, 6) is 0.251. The molecule has 0 bridgehead atoms. The third-order valence-corrected chi connectivity index (χ3v) is 7.66. The van der Waals surface area contributed by atoms with Gasteiger partial charge in [-0.05, 0) is 30.7 Å². The molecular weight excluding hydrogens is 582 g/mol. The molecule has 1 aromatic carbocycles. The van der Waals surface area contributed by atoms with Crippen molar-refractivity contribution in [1.82, 2.24) is 0 Å². The smallest absolute Gasteiger partial charge is 0.229 e. The lowest BCUT2D eigenvalue weighted by Crippen LogP contribution is -2.65. The second kappa shape index (κ2) is 15.1. The van der Waals surface area contributed by atoms with Crippen LogP contribution in [-0.4, -0.2) is 170 Å². The highest BCUT2D eigenvalue weighted by atomic mass is 16.7. The van der Waals surface area contributed by atoms with E-state index in [1.165, 1.54) is 0 Å². The fraction of sp³-hybridized carbons (Fsp3) is 0.769. The Balaban J connectivity index is 1.53. The maximum atomic E-state index is 11.1. The molecule has 3 aliphatic heterocycles. The van der Waals surface area contributed by atoms with Gasteiger partial charge in [0.1, 0.15) is 79.0 Å². The lowest BCUT2D eigenvalue weighted by atomic mass is 9.96. The molecule has 3 aliphatic rings. The summed E-state index contributed by atoms with van der Waals surface area (Å²) in [6, 6.07) is 6.68. The maximum absolute atomic E-state index is 11.1. The fourth-order valence-corrected chi connectivity index (χ4v) is 5.06. The summed E-state index contributed by atoms with van der Waals surface area (Å²) in [6.07, 6.45) is -23.7. The van der Waals surface area contributed by atoms with Gasteiger partial charge in [-0.15, -0.1) is 0 Å². The molecule has 17 heteroatoms. The number of benzene rings is 1. The summed E-state index contributed by atoms with van der Waals surface area (Å²) in [4.78, 5) is 0. The van der Waals surface area contributed by atoms with Gasteiger partial charge in [-0.2, -0.15) is 0 Å². The van der Waals surface area contributed by atoms with Crippen molar-refractivity contribution in [3.63, 3.8) is 0 Å². The Kier molecular flexibility index (Phi) is 12.0. The SMILES string of the molecule is NCCc1ccc(O[C@H]2OC(CO[C@H]3OC(CO)[C@@H](O)[C@H](O)C3O)[C@@H](O)[C@H](O[C@@H]3OC(CO)[C@H](O)[C@@H](O)C3O)C2O)cc1. The zero-order valence-electron chi connectivity index (χ0n) is 23.0. The Morgan fingerprint density at radius 2 is 1.14 bits per heavy atom. The van der Waals surface area contributed by atoms with Crippen LogP contribution in [0.25, 0.3) is 0 Å². The third-order valence-electron chi connectivity index (χ3n) is 7.66. The minimum atomic E-state index is -1.85. The predicted octanol–water partition coefficient (Wildman–Crippen LogP) is -5.99. The van der Waals surface area contributed by atoms with Crippen molar-refractivity contribution in [3.8, 4) is 5.75 Å². The Hall–Kier alpha value is -1.62. The van der Waals surface area contributed by atoms with Crippen LogP contribution in [0.5, 0.6) is 5.75 Å². The minimum Gasteiger partial charge on any atom is -0.462 e. The van der Waals surface area contributed by atoms with Crippen LogP contribution in [0.4, 0.5) is 0 Å². The quantitative estimate of drug-likeness (QED) is 0.109. The largest absolute Gasteiger partial charge is 0.462 e. The van der Waals surface area contributed by atoms with E-state index in [1.54, 1.807) is 24.3 Å². The van der Waals surface area contributed by atoms with E-state index in [4.69, 9.17) is 34.2 Å². The topological polar surface area (TPSA) is 284 Å². The monoisotopic (exact) mass is 623 g/mol. The molecular formula is C26H41NO16. The van der Waals surface area contributed by atoms with Crippen LogP contribution >= 0.6 is 0 Å². The number of nitrogens with two attached hydrogens (primary N) is 1. The molecule has 12 N–H and O–H groups in total. The van der Waals surface area contributed by atoms with Gasteiger partial charge in [0.15, 0.2) is 12.6 Å². The number of ether oxygens (including phenoxy) is 6. The summed E-state index contributed by atoms with van der Waals surface area (Å²) >= 11 is 0. The molecule has 0 aromatic heterocycles. The number of rotatable bonds is 11. The molecule has 6 unspecified atom stereocenters. The van der Waals surface area contributed by atoms with Crippen LogP contribution in [-0.2, 0) is 30.1 Å².